The van der Waals surface area contributed by atoms with Crippen LogP contribution in [0, 0.1) is 0 Å². The van der Waals surface area contributed by atoms with Gasteiger partial charge in [0.05, 0.1) is 19.3 Å². The van der Waals surface area contributed by atoms with Crippen LogP contribution in [0.5, 0.6) is 11.5 Å². The lowest BCUT2D eigenvalue weighted by Crippen LogP contribution is -2.47. The second kappa shape index (κ2) is 8.28. The van der Waals surface area contributed by atoms with Gasteiger partial charge in [0.15, 0.2) is 0 Å². The summed E-state index contributed by atoms with van der Waals surface area (Å²) in [6.07, 6.45) is 3.44. The maximum atomic E-state index is 13.0. The summed E-state index contributed by atoms with van der Waals surface area (Å²) in [6.45, 7) is 0.635. The first-order valence-electron chi connectivity index (χ1n) is 9.54. The molecule has 0 saturated heterocycles. The maximum Gasteiger partial charge on any atom is 0.316 e. The van der Waals surface area contributed by atoms with E-state index in [1.807, 2.05) is 29.8 Å². The standard InChI is InChI=1S/C22H22N4O4/c1-25-12-11-23-20(25)19(15-7-9-16(29-2)10-8-15)24-21(27)22(28)26-13-14-30-18-6-4-3-5-17(18)26/h3-12,19H,13-14H2,1-2H3,(H,24,27)/t19-/m1/s1. The third kappa shape index (κ3) is 3.71. The fourth-order valence-corrected chi connectivity index (χ4v) is 3.44. The van der Waals surface area contributed by atoms with Crippen LogP contribution in [0.2, 0.25) is 0 Å². The molecule has 30 heavy (non-hydrogen) atoms. The van der Waals surface area contributed by atoms with E-state index in [1.165, 1.54) is 4.90 Å². The number of nitrogens with zero attached hydrogens (tertiary/aromatic N) is 3. The van der Waals surface area contributed by atoms with Crippen LogP contribution in [0.4, 0.5) is 5.69 Å². The monoisotopic (exact) mass is 406 g/mol. The predicted octanol–water partition coefficient (Wildman–Crippen LogP) is 2.06. The van der Waals surface area contributed by atoms with Gasteiger partial charge >= 0.3 is 11.8 Å². The minimum Gasteiger partial charge on any atom is -0.497 e. The van der Waals surface area contributed by atoms with Gasteiger partial charge in [-0.05, 0) is 29.8 Å². The molecule has 1 aromatic heterocycles. The second-order valence-corrected chi connectivity index (χ2v) is 6.85. The summed E-state index contributed by atoms with van der Waals surface area (Å²) in [4.78, 5) is 31.8. The van der Waals surface area contributed by atoms with Gasteiger partial charge in [-0.15, -0.1) is 0 Å². The Morgan fingerprint density at radius 3 is 2.63 bits per heavy atom. The molecule has 1 aliphatic rings. The molecule has 0 saturated carbocycles. The Kier molecular flexibility index (Phi) is 5.38. The lowest BCUT2D eigenvalue weighted by Gasteiger charge is -2.29. The largest absolute Gasteiger partial charge is 0.497 e. The smallest absolute Gasteiger partial charge is 0.316 e. The van der Waals surface area contributed by atoms with Crippen LogP contribution in [0.15, 0.2) is 60.9 Å². The van der Waals surface area contributed by atoms with E-state index < -0.39 is 17.9 Å². The summed E-state index contributed by atoms with van der Waals surface area (Å²) in [7, 11) is 3.43. The molecule has 0 aliphatic carbocycles. The summed E-state index contributed by atoms with van der Waals surface area (Å²) in [6, 6.07) is 13.9. The molecular weight excluding hydrogens is 384 g/mol. The van der Waals surface area contributed by atoms with E-state index in [0.717, 1.165) is 5.56 Å². The molecule has 0 radical (unpaired) electrons. The Bertz CT molecular complexity index is 1060. The molecule has 0 unspecified atom stereocenters. The predicted molar refractivity (Wildman–Crippen MR) is 110 cm³/mol. The molecule has 1 N–H and O–H groups in total. The summed E-state index contributed by atoms with van der Waals surface area (Å²) < 4.78 is 12.6. The normalized spacial score (nSPS) is 13.7. The van der Waals surface area contributed by atoms with Crippen LogP contribution in [-0.4, -0.2) is 41.6 Å². The third-order valence-corrected chi connectivity index (χ3v) is 5.01. The number of benzene rings is 2. The Balaban J connectivity index is 1.61. The van der Waals surface area contributed by atoms with Crippen LogP contribution in [0.3, 0.4) is 0 Å². The third-order valence-electron chi connectivity index (χ3n) is 5.01. The molecule has 0 spiro atoms. The molecule has 2 amide bonds. The van der Waals surface area contributed by atoms with Crippen molar-refractivity contribution in [2.45, 2.75) is 6.04 Å². The van der Waals surface area contributed by atoms with Gasteiger partial charge in [-0.3, -0.25) is 14.5 Å². The van der Waals surface area contributed by atoms with Crippen molar-refractivity contribution in [3.8, 4) is 11.5 Å². The summed E-state index contributed by atoms with van der Waals surface area (Å²) in [5.74, 6) is 0.544. The molecule has 1 aliphatic heterocycles. The van der Waals surface area contributed by atoms with Crippen LogP contribution < -0.4 is 19.7 Å². The van der Waals surface area contributed by atoms with Crippen molar-refractivity contribution in [2.24, 2.45) is 7.05 Å². The number of aromatic nitrogens is 2. The summed E-state index contributed by atoms with van der Waals surface area (Å²) in [5.41, 5.74) is 1.37. The fraction of sp³-hybridized carbons (Fsp3) is 0.227. The highest BCUT2D eigenvalue weighted by Gasteiger charge is 2.31. The van der Waals surface area contributed by atoms with Crippen molar-refractivity contribution in [2.75, 3.05) is 25.2 Å². The van der Waals surface area contributed by atoms with Crippen LogP contribution in [-0.2, 0) is 16.6 Å². The Morgan fingerprint density at radius 1 is 1.17 bits per heavy atom. The number of nitrogens with one attached hydrogen (secondary N) is 1. The van der Waals surface area contributed by atoms with E-state index in [2.05, 4.69) is 10.3 Å². The van der Waals surface area contributed by atoms with Crippen molar-refractivity contribution in [3.63, 3.8) is 0 Å². The quantitative estimate of drug-likeness (QED) is 0.671. The van der Waals surface area contributed by atoms with Crippen molar-refractivity contribution in [3.05, 3.63) is 72.3 Å². The van der Waals surface area contributed by atoms with E-state index in [0.29, 0.717) is 36.2 Å². The molecule has 1 atom stereocenters. The number of ether oxygens (including phenoxy) is 2. The zero-order chi connectivity index (χ0) is 21.1. The van der Waals surface area contributed by atoms with Crippen LogP contribution in [0.25, 0.3) is 0 Å². The number of imidazole rings is 1. The number of hydrogen-bond donors (Lipinski definition) is 1. The lowest BCUT2D eigenvalue weighted by molar-refractivity contribution is -0.138. The highest BCUT2D eigenvalue weighted by molar-refractivity contribution is 6.40. The van der Waals surface area contributed by atoms with Gasteiger partial charge in [0.1, 0.15) is 30.0 Å². The number of hydrogen-bond acceptors (Lipinski definition) is 5. The number of aryl methyl sites for hydroxylation is 1. The van der Waals surface area contributed by atoms with Gasteiger partial charge in [-0.2, -0.15) is 0 Å². The van der Waals surface area contributed by atoms with Crippen LogP contribution in [0.1, 0.15) is 17.4 Å². The summed E-state index contributed by atoms with van der Waals surface area (Å²) >= 11 is 0. The number of amides is 2. The fourth-order valence-electron chi connectivity index (χ4n) is 3.44. The number of methoxy groups -OCH3 is 1. The molecule has 0 bridgehead atoms. The zero-order valence-electron chi connectivity index (χ0n) is 16.7. The first-order valence-corrected chi connectivity index (χ1v) is 9.54. The molecule has 2 aromatic carbocycles. The molecule has 3 aromatic rings. The first kappa shape index (κ1) is 19.5. The molecule has 0 fully saturated rings. The van der Waals surface area contributed by atoms with Gasteiger partial charge in [0.2, 0.25) is 0 Å². The van der Waals surface area contributed by atoms with E-state index in [-0.39, 0.29) is 0 Å². The molecule has 8 nitrogen and oxygen atoms in total. The molecule has 2 heterocycles. The van der Waals surface area contributed by atoms with E-state index >= 15 is 0 Å². The van der Waals surface area contributed by atoms with Crippen molar-refractivity contribution < 1.29 is 19.1 Å². The minimum absolute atomic E-state index is 0.304. The number of carbonyl (C=O) groups is 2. The van der Waals surface area contributed by atoms with Crippen molar-refractivity contribution >= 4 is 17.5 Å². The number of fused-ring (bicyclic) bond motifs is 1. The highest BCUT2D eigenvalue weighted by Crippen LogP contribution is 2.31. The molecule has 154 valence electrons. The lowest BCUT2D eigenvalue weighted by atomic mass is 10.1. The average Bonchev–Trinajstić information content (AvgIpc) is 3.22. The number of para-hydroxylation sites is 2. The molecule has 4 rings (SSSR count). The topological polar surface area (TPSA) is 85.7 Å². The highest BCUT2D eigenvalue weighted by atomic mass is 16.5. The van der Waals surface area contributed by atoms with E-state index in [1.54, 1.807) is 49.8 Å². The second-order valence-electron chi connectivity index (χ2n) is 6.85. The van der Waals surface area contributed by atoms with Gasteiger partial charge in [0.25, 0.3) is 0 Å². The van der Waals surface area contributed by atoms with Gasteiger partial charge in [-0.25, -0.2) is 4.98 Å². The number of anilines is 1. The Morgan fingerprint density at radius 2 is 1.93 bits per heavy atom. The Labute approximate surface area is 174 Å². The average molecular weight is 406 g/mol. The number of rotatable bonds is 4. The summed E-state index contributed by atoms with van der Waals surface area (Å²) in [5, 5.41) is 2.85. The zero-order valence-corrected chi connectivity index (χ0v) is 16.7. The Hall–Kier alpha value is -3.81. The van der Waals surface area contributed by atoms with Crippen molar-refractivity contribution in [1.82, 2.24) is 14.9 Å². The minimum atomic E-state index is -0.712. The first-order chi connectivity index (χ1) is 14.6. The molecular formula is C22H22N4O4. The van der Waals surface area contributed by atoms with Gasteiger partial charge in [-0.1, -0.05) is 24.3 Å². The maximum absolute atomic E-state index is 13.0. The van der Waals surface area contributed by atoms with E-state index in [9.17, 15) is 9.59 Å². The number of carbonyl (C=O) groups excluding carboxylic acids is 2. The van der Waals surface area contributed by atoms with Gasteiger partial charge in [0, 0.05) is 19.4 Å². The molecule has 8 heteroatoms. The van der Waals surface area contributed by atoms with Crippen LogP contribution >= 0.6 is 0 Å². The van der Waals surface area contributed by atoms with Gasteiger partial charge < -0.3 is 19.4 Å². The van der Waals surface area contributed by atoms with Crippen molar-refractivity contribution in [1.29, 1.82) is 0 Å². The SMILES string of the molecule is COc1ccc([C@@H](NC(=O)C(=O)N2CCOc3ccccc32)c2nccn2C)cc1. The van der Waals surface area contributed by atoms with E-state index in [4.69, 9.17) is 9.47 Å².